The number of para-hydroxylation sites is 1. The minimum atomic E-state index is -3.72. The Bertz CT molecular complexity index is 837. The Morgan fingerprint density at radius 1 is 1.08 bits per heavy atom. The van der Waals surface area contributed by atoms with Gasteiger partial charge in [0, 0.05) is 12.1 Å². The summed E-state index contributed by atoms with van der Waals surface area (Å²) >= 11 is 0. The largest absolute Gasteiger partial charge is 0.434 e. The Morgan fingerprint density at radius 2 is 1.83 bits per heavy atom. The van der Waals surface area contributed by atoms with Crippen molar-refractivity contribution in [1.29, 1.82) is 0 Å². The van der Waals surface area contributed by atoms with Gasteiger partial charge in [0.25, 0.3) is 0 Å². The lowest BCUT2D eigenvalue weighted by Gasteiger charge is -2.12. The molecule has 0 amide bonds. The number of alkyl halides is 2. The van der Waals surface area contributed by atoms with Crippen LogP contribution in [0.15, 0.2) is 47.4 Å². The van der Waals surface area contributed by atoms with Crippen LogP contribution in [0.4, 0.5) is 8.78 Å². The molecule has 2 aromatic carbocycles. The number of fused-ring (bicyclic) bond motifs is 1. The molecule has 4 nitrogen and oxygen atoms in total. The molecule has 0 saturated carbocycles. The van der Waals surface area contributed by atoms with Gasteiger partial charge in [-0.15, -0.1) is 0 Å². The maximum absolute atomic E-state index is 12.4. The van der Waals surface area contributed by atoms with E-state index in [9.17, 15) is 17.2 Å². The van der Waals surface area contributed by atoms with E-state index in [0.29, 0.717) is 5.56 Å². The Kier molecular flexibility index (Phi) is 4.82. The van der Waals surface area contributed by atoms with Gasteiger partial charge in [0.05, 0.1) is 4.90 Å². The first-order chi connectivity index (χ1) is 11.5. The quantitative estimate of drug-likeness (QED) is 0.867. The van der Waals surface area contributed by atoms with Gasteiger partial charge in [-0.2, -0.15) is 8.78 Å². The number of nitrogens with one attached hydrogen (secondary N) is 1. The first kappa shape index (κ1) is 16.9. The van der Waals surface area contributed by atoms with Crippen LogP contribution >= 0.6 is 0 Å². The average molecular weight is 353 g/mol. The zero-order chi connectivity index (χ0) is 17.2. The van der Waals surface area contributed by atoms with Crippen molar-refractivity contribution in [2.24, 2.45) is 0 Å². The van der Waals surface area contributed by atoms with E-state index < -0.39 is 16.6 Å². The van der Waals surface area contributed by atoms with E-state index in [-0.39, 0.29) is 17.2 Å². The highest BCUT2D eigenvalue weighted by Crippen LogP contribution is 2.25. The van der Waals surface area contributed by atoms with Gasteiger partial charge in [-0.05, 0) is 48.6 Å². The molecule has 0 spiro atoms. The third-order valence-electron chi connectivity index (χ3n) is 4.02. The number of halogens is 2. The van der Waals surface area contributed by atoms with Crippen molar-refractivity contribution in [2.75, 3.05) is 0 Å². The zero-order valence-electron chi connectivity index (χ0n) is 12.8. The lowest BCUT2D eigenvalue weighted by Crippen LogP contribution is -2.24. The van der Waals surface area contributed by atoms with Crippen LogP contribution in [0.25, 0.3) is 0 Å². The molecule has 0 unspecified atom stereocenters. The SMILES string of the molecule is O=S(=O)(NCc1ccccc1OC(F)F)c1ccc2c(c1)CCC2. The Balaban J connectivity index is 1.76. The Hall–Kier alpha value is -1.99. The first-order valence-electron chi connectivity index (χ1n) is 7.60. The number of rotatable bonds is 6. The maximum Gasteiger partial charge on any atom is 0.387 e. The van der Waals surface area contributed by atoms with Crippen LogP contribution in [0.3, 0.4) is 0 Å². The summed E-state index contributed by atoms with van der Waals surface area (Å²) in [5.74, 6) is -0.0378. The highest BCUT2D eigenvalue weighted by atomic mass is 32.2. The molecule has 1 aliphatic carbocycles. The molecule has 7 heteroatoms. The Morgan fingerprint density at radius 3 is 2.62 bits per heavy atom. The smallest absolute Gasteiger partial charge is 0.387 e. The lowest BCUT2D eigenvalue weighted by molar-refractivity contribution is -0.0504. The highest BCUT2D eigenvalue weighted by Gasteiger charge is 2.19. The summed E-state index contributed by atoms with van der Waals surface area (Å²) in [7, 11) is -3.72. The number of aryl methyl sites for hydroxylation is 2. The number of hydrogen-bond acceptors (Lipinski definition) is 3. The van der Waals surface area contributed by atoms with Crippen LogP contribution in [0.2, 0.25) is 0 Å². The molecule has 24 heavy (non-hydrogen) atoms. The maximum atomic E-state index is 12.4. The Labute approximate surface area is 139 Å². The monoisotopic (exact) mass is 353 g/mol. The van der Waals surface area contributed by atoms with Crippen molar-refractivity contribution < 1.29 is 21.9 Å². The summed E-state index contributed by atoms with van der Waals surface area (Å²) in [5, 5.41) is 0. The predicted molar refractivity (Wildman–Crippen MR) is 85.6 cm³/mol. The van der Waals surface area contributed by atoms with E-state index in [1.165, 1.54) is 11.6 Å². The fraction of sp³-hybridized carbons (Fsp3) is 0.294. The fourth-order valence-electron chi connectivity index (χ4n) is 2.83. The molecule has 0 saturated heterocycles. The van der Waals surface area contributed by atoms with Gasteiger partial charge in [0.1, 0.15) is 5.75 Å². The van der Waals surface area contributed by atoms with E-state index in [1.54, 1.807) is 30.3 Å². The lowest BCUT2D eigenvalue weighted by atomic mass is 10.1. The molecule has 0 bridgehead atoms. The van der Waals surface area contributed by atoms with Gasteiger partial charge >= 0.3 is 6.61 Å². The molecular formula is C17H17F2NO3S. The van der Waals surface area contributed by atoms with Gasteiger partial charge in [0.2, 0.25) is 10.0 Å². The van der Waals surface area contributed by atoms with Crippen molar-refractivity contribution in [1.82, 2.24) is 4.72 Å². The number of benzene rings is 2. The topological polar surface area (TPSA) is 55.4 Å². The minimum absolute atomic E-state index is 0.0378. The third-order valence-corrected chi connectivity index (χ3v) is 5.42. The number of sulfonamides is 1. The standard InChI is InChI=1S/C17H17F2NO3S/c18-17(19)23-16-7-2-1-4-14(16)11-20-24(21,22)15-9-8-12-5-3-6-13(12)10-15/h1-2,4,7-10,17,20H,3,5-6,11H2. The van der Waals surface area contributed by atoms with E-state index in [1.807, 2.05) is 6.07 Å². The van der Waals surface area contributed by atoms with E-state index >= 15 is 0 Å². The average Bonchev–Trinajstić information content (AvgIpc) is 3.01. The fourth-order valence-corrected chi connectivity index (χ4v) is 3.89. The molecule has 0 radical (unpaired) electrons. The van der Waals surface area contributed by atoms with Gasteiger partial charge in [0.15, 0.2) is 0 Å². The van der Waals surface area contributed by atoms with Crippen LogP contribution < -0.4 is 9.46 Å². The summed E-state index contributed by atoms with van der Waals surface area (Å²) in [6, 6.07) is 11.2. The predicted octanol–water partition coefficient (Wildman–Crippen LogP) is 3.26. The van der Waals surface area contributed by atoms with Crippen molar-refractivity contribution in [3.8, 4) is 5.75 Å². The molecule has 0 atom stereocenters. The summed E-state index contributed by atoms with van der Waals surface area (Å²) in [6.45, 7) is -3.08. The molecule has 1 aliphatic rings. The van der Waals surface area contributed by atoms with Crippen LogP contribution in [0, 0.1) is 0 Å². The second-order valence-corrected chi connectivity index (χ2v) is 7.36. The minimum Gasteiger partial charge on any atom is -0.434 e. The van der Waals surface area contributed by atoms with Gasteiger partial charge in [-0.1, -0.05) is 24.3 Å². The second kappa shape index (κ2) is 6.86. The highest BCUT2D eigenvalue weighted by molar-refractivity contribution is 7.89. The summed E-state index contributed by atoms with van der Waals surface area (Å²) in [6.07, 6.45) is 2.88. The van der Waals surface area contributed by atoms with Gasteiger partial charge < -0.3 is 4.74 Å². The number of hydrogen-bond donors (Lipinski definition) is 1. The van der Waals surface area contributed by atoms with Crippen molar-refractivity contribution in [3.63, 3.8) is 0 Å². The van der Waals surface area contributed by atoms with Gasteiger partial charge in [-0.25, -0.2) is 13.1 Å². The summed E-state index contributed by atoms with van der Waals surface area (Å²) in [5.41, 5.74) is 2.59. The molecular weight excluding hydrogens is 336 g/mol. The van der Waals surface area contributed by atoms with Crippen molar-refractivity contribution in [2.45, 2.75) is 37.3 Å². The molecule has 3 rings (SSSR count). The normalized spacial score (nSPS) is 14.0. The molecule has 0 aliphatic heterocycles. The summed E-state index contributed by atoms with van der Waals surface area (Å²) in [4.78, 5) is 0.190. The summed E-state index contributed by atoms with van der Waals surface area (Å²) < 4.78 is 56.5. The molecule has 0 heterocycles. The van der Waals surface area contributed by atoms with Gasteiger partial charge in [-0.3, -0.25) is 0 Å². The van der Waals surface area contributed by atoms with Crippen LogP contribution in [0.1, 0.15) is 23.1 Å². The van der Waals surface area contributed by atoms with Crippen molar-refractivity contribution in [3.05, 3.63) is 59.2 Å². The molecule has 0 aromatic heterocycles. The zero-order valence-corrected chi connectivity index (χ0v) is 13.7. The van der Waals surface area contributed by atoms with Crippen LogP contribution in [-0.2, 0) is 29.4 Å². The molecule has 1 N–H and O–H groups in total. The van der Waals surface area contributed by atoms with Crippen LogP contribution in [0.5, 0.6) is 5.75 Å². The molecule has 2 aromatic rings. The van der Waals surface area contributed by atoms with Crippen LogP contribution in [-0.4, -0.2) is 15.0 Å². The second-order valence-electron chi connectivity index (χ2n) is 5.59. The molecule has 0 fully saturated rings. The van der Waals surface area contributed by atoms with E-state index in [0.717, 1.165) is 24.8 Å². The molecule has 128 valence electrons. The van der Waals surface area contributed by atoms with E-state index in [2.05, 4.69) is 9.46 Å². The van der Waals surface area contributed by atoms with Crippen molar-refractivity contribution >= 4 is 10.0 Å². The number of ether oxygens (including phenoxy) is 1. The van der Waals surface area contributed by atoms with E-state index in [4.69, 9.17) is 0 Å². The first-order valence-corrected chi connectivity index (χ1v) is 9.08. The third kappa shape index (κ3) is 3.73.